The van der Waals surface area contributed by atoms with Crippen LogP contribution in [0.1, 0.15) is 28.3 Å². The lowest BCUT2D eigenvalue weighted by molar-refractivity contribution is 0.306. The molecule has 0 amide bonds. The molecular formula is C22H17ClN8O. The van der Waals surface area contributed by atoms with E-state index >= 15 is 0 Å². The van der Waals surface area contributed by atoms with Gasteiger partial charge in [0.25, 0.3) is 0 Å². The number of nitrogens with zero attached hydrogens (tertiary/aromatic N) is 4. The van der Waals surface area contributed by atoms with Crippen molar-refractivity contribution < 1.29 is 4.74 Å². The normalized spacial score (nSPS) is 14.2. The van der Waals surface area contributed by atoms with Crippen LogP contribution in [0.5, 0.6) is 5.75 Å². The molecule has 158 valence electrons. The average Bonchev–Trinajstić information content (AvgIpc) is 2.78. The van der Waals surface area contributed by atoms with Crippen LogP contribution in [0.4, 0.5) is 17.3 Å². The maximum atomic E-state index is 9.44. The quantitative estimate of drug-likeness (QED) is 0.352. The minimum Gasteiger partial charge on any atom is -0.489 e. The molecule has 0 aliphatic carbocycles. The lowest BCUT2D eigenvalue weighted by atomic mass is 9.95. The summed E-state index contributed by atoms with van der Waals surface area (Å²) in [5.74, 6) is 1.11. The van der Waals surface area contributed by atoms with Crippen molar-refractivity contribution in [1.82, 2.24) is 10.3 Å². The van der Waals surface area contributed by atoms with E-state index in [-0.39, 0.29) is 23.0 Å². The summed E-state index contributed by atoms with van der Waals surface area (Å²) < 4.78 is 5.93. The number of guanidine groups is 1. The van der Waals surface area contributed by atoms with Gasteiger partial charge in [0.15, 0.2) is 6.19 Å². The van der Waals surface area contributed by atoms with E-state index in [4.69, 9.17) is 33.1 Å². The number of benzene rings is 2. The van der Waals surface area contributed by atoms with Crippen molar-refractivity contribution in [3.63, 3.8) is 0 Å². The molecule has 1 aliphatic heterocycles. The van der Waals surface area contributed by atoms with Crippen LogP contribution >= 0.6 is 11.6 Å². The maximum absolute atomic E-state index is 9.44. The van der Waals surface area contributed by atoms with Crippen LogP contribution in [0.3, 0.4) is 0 Å². The predicted octanol–water partition coefficient (Wildman–Crippen LogP) is 3.29. The molecule has 2 heterocycles. The van der Waals surface area contributed by atoms with Crippen molar-refractivity contribution in [2.45, 2.75) is 12.6 Å². The topological polar surface area (TPSA) is 158 Å². The molecule has 0 fully saturated rings. The van der Waals surface area contributed by atoms with Gasteiger partial charge in [0.1, 0.15) is 41.7 Å². The van der Waals surface area contributed by atoms with E-state index in [0.717, 1.165) is 11.1 Å². The largest absolute Gasteiger partial charge is 0.489 e. The first-order chi connectivity index (χ1) is 15.5. The first kappa shape index (κ1) is 20.8. The second kappa shape index (κ2) is 8.72. The number of nitrogens with two attached hydrogens (primary N) is 2. The Bertz CT molecular complexity index is 1310. The smallest absolute Gasteiger partial charge is 0.211 e. The molecule has 0 radical (unpaired) electrons. The summed E-state index contributed by atoms with van der Waals surface area (Å²) in [7, 11) is 0. The van der Waals surface area contributed by atoms with Crippen LogP contribution in [-0.4, -0.2) is 10.9 Å². The summed E-state index contributed by atoms with van der Waals surface area (Å²) in [5.41, 5.74) is 14.6. The number of pyridine rings is 1. The Labute approximate surface area is 188 Å². The molecule has 4 rings (SSSR count). The van der Waals surface area contributed by atoms with E-state index in [1.54, 1.807) is 6.07 Å². The average molecular weight is 445 g/mol. The third-order valence-electron chi connectivity index (χ3n) is 4.83. The number of nitriles is 2. The third-order valence-corrected chi connectivity index (χ3v) is 5.06. The molecule has 1 atom stereocenters. The van der Waals surface area contributed by atoms with Crippen molar-refractivity contribution in [3.05, 3.63) is 75.8 Å². The standard InChI is InChI=1S/C22H17ClN8O/c23-14-5-1-3-12(7-14)10-32-15-6-2-4-13(8-15)19-17-18(26)16(9-24)20(27)30-21(17)31-22(29-19)28-11-25/h1-8,19H,10H2,(H6,26,27,28,29,30,31). The molecule has 6 N–H and O–H groups in total. The number of hydrogen-bond donors (Lipinski definition) is 4. The molecule has 1 unspecified atom stereocenters. The van der Waals surface area contributed by atoms with Crippen molar-refractivity contribution in [2.24, 2.45) is 4.99 Å². The minimum atomic E-state index is -0.642. The van der Waals surface area contributed by atoms with Gasteiger partial charge in [0.05, 0.1) is 5.69 Å². The first-order valence-electron chi connectivity index (χ1n) is 9.46. The fraction of sp³-hybridized carbons (Fsp3) is 0.0909. The van der Waals surface area contributed by atoms with Gasteiger partial charge in [0.2, 0.25) is 5.96 Å². The van der Waals surface area contributed by atoms with Gasteiger partial charge in [0, 0.05) is 10.6 Å². The summed E-state index contributed by atoms with van der Waals surface area (Å²) in [6.07, 6.45) is 1.83. The summed E-state index contributed by atoms with van der Waals surface area (Å²) in [5, 5.41) is 24.5. The van der Waals surface area contributed by atoms with Gasteiger partial charge < -0.3 is 21.5 Å². The number of rotatable bonds is 4. The Morgan fingerprint density at radius 3 is 2.72 bits per heavy atom. The van der Waals surface area contributed by atoms with Crippen LogP contribution < -0.4 is 26.8 Å². The number of aliphatic imine (C=N–C) groups is 1. The zero-order chi connectivity index (χ0) is 22.7. The maximum Gasteiger partial charge on any atom is 0.211 e. The van der Waals surface area contributed by atoms with E-state index in [1.165, 1.54) is 0 Å². The molecule has 0 saturated carbocycles. The van der Waals surface area contributed by atoms with E-state index in [0.29, 0.717) is 28.8 Å². The molecule has 3 aromatic rings. The minimum absolute atomic E-state index is 0.00758. The molecule has 0 bridgehead atoms. The van der Waals surface area contributed by atoms with Crippen LogP contribution in [-0.2, 0) is 6.61 Å². The van der Waals surface area contributed by atoms with Crippen LogP contribution in [0.2, 0.25) is 5.02 Å². The Morgan fingerprint density at radius 1 is 1.16 bits per heavy atom. The van der Waals surface area contributed by atoms with Gasteiger partial charge in [-0.1, -0.05) is 35.9 Å². The Balaban J connectivity index is 1.72. The third kappa shape index (κ3) is 4.06. The highest BCUT2D eigenvalue weighted by molar-refractivity contribution is 6.30. The van der Waals surface area contributed by atoms with Crippen LogP contribution in [0.25, 0.3) is 0 Å². The highest BCUT2D eigenvalue weighted by Crippen LogP contribution is 2.41. The van der Waals surface area contributed by atoms with Crippen LogP contribution in [0, 0.1) is 22.8 Å². The lowest BCUT2D eigenvalue weighted by Gasteiger charge is -2.26. The Morgan fingerprint density at radius 2 is 1.97 bits per heavy atom. The predicted molar refractivity (Wildman–Crippen MR) is 122 cm³/mol. The summed E-state index contributed by atoms with van der Waals surface area (Å²) in [6.45, 7) is 0.330. The molecule has 9 nitrogen and oxygen atoms in total. The highest BCUT2D eigenvalue weighted by atomic mass is 35.5. The second-order valence-corrected chi connectivity index (χ2v) is 7.33. The van der Waals surface area contributed by atoms with Gasteiger partial charge in [-0.3, -0.25) is 5.32 Å². The van der Waals surface area contributed by atoms with Gasteiger partial charge in [-0.2, -0.15) is 10.5 Å². The SMILES string of the molecule is N#CNC1=NC(c2cccc(OCc3cccc(Cl)c3)c2)c2c(nc(N)c(C#N)c2N)N1. The van der Waals surface area contributed by atoms with E-state index in [2.05, 4.69) is 20.6 Å². The number of anilines is 3. The number of ether oxygens (including phenoxy) is 1. The number of hydrogen-bond acceptors (Lipinski definition) is 9. The second-order valence-electron chi connectivity index (χ2n) is 6.89. The van der Waals surface area contributed by atoms with Gasteiger partial charge in [-0.15, -0.1) is 0 Å². The van der Waals surface area contributed by atoms with Crippen molar-refractivity contribution >= 4 is 34.9 Å². The fourth-order valence-electron chi connectivity index (χ4n) is 3.39. The molecule has 32 heavy (non-hydrogen) atoms. The van der Waals surface area contributed by atoms with E-state index < -0.39 is 6.04 Å². The van der Waals surface area contributed by atoms with Crippen molar-refractivity contribution in [3.8, 4) is 18.0 Å². The first-order valence-corrected chi connectivity index (χ1v) is 9.84. The summed E-state index contributed by atoms with van der Waals surface area (Å²) in [6, 6.07) is 16.1. The lowest BCUT2D eigenvalue weighted by Crippen LogP contribution is -2.32. The monoisotopic (exact) mass is 444 g/mol. The highest BCUT2D eigenvalue weighted by Gasteiger charge is 2.29. The van der Waals surface area contributed by atoms with Gasteiger partial charge >= 0.3 is 0 Å². The summed E-state index contributed by atoms with van der Waals surface area (Å²) >= 11 is 6.04. The van der Waals surface area contributed by atoms with E-state index in [9.17, 15) is 5.26 Å². The Hall–Kier alpha value is -4.47. The van der Waals surface area contributed by atoms with Gasteiger partial charge in [-0.25, -0.2) is 9.98 Å². The summed E-state index contributed by atoms with van der Waals surface area (Å²) in [4.78, 5) is 8.80. The number of nitrogen functional groups attached to an aromatic ring is 2. The molecule has 0 spiro atoms. The molecule has 10 heteroatoms. The molecule has 1 aliphatic rings. The zero-order valence-corrected chi connectivity index (χ0v) is 17.4. The number of nitrogens with one attached hydrogen (secondary N) is 2. The molecule has 1 aromatic heterocycles. The zero-order valence-electron chi connectivity index (χ0n) is 16.6. The molecule has 0 saturated heterocycles. The fourth-order valence-corrected chi connectivity index (χ4v) is 3.60. The Kier molecular flexibility index (Phi) is 5.67. The van der Waals surface area contributed by atoms with E-state index in [1.807, 2.05) is 54.7 Å². The van der Waals surface area contributed by atoms with Crippen LogP contribution in [0.15, 0.2) is 53.5 Å². The molecular weight excluding hydrogens is 428 g/mol. The van der Waals surface area contributed by atoms with Gasteiger partial charge in [-0.05, 0) is 35.4 Å². The molecule has 2 aromatic carbocycles. The number of halogens is 1. The van der Waals surface area contributed by atoms with Crippen molar-refractivity contribution in [1.29, 1.82) is 10.5 Å². The van der Waals surface area contributed by atoms with Crippen molar-refractivity contribution in [2.75, 3.05) is 16.8 Å². The number of fused-ring (bicyclic) bond motifs is 1. The number of aromatic nitrogens is 1.